The van der Waals surface area contributed by atoms with Gasteiger partial charge in [0.15, 0.2) is 11.8 Å². The number of furan rings is 1. The van der Waals surface area contributed by atoms with E-state index < -0.39 is 6.85 Å². The van der Waals surface area contributed by atoms with Gasteiger partial charge in [-0.25, -0.2) is 9.13 Å². The Morgan fingerprint density at radius 2 is 2.04 bits per heavy atom. The monoisotopic (exact) mass is 322 g/mol. The van der Waals surface area contributed by atoms with E-state index in [2.05, 4.69) is 30.7 Å². The lowest BCUT2D eigenvalue weighted by Crippen LogP contribution is -2.52. The normalized spacial score (nSPS) is 16.5. The topological polar surface area (TPSA) is 24.1 Å². The van der Waals surface area contributed by atoms with Crippen molar-refractivity contribution in [2.24, 2.45) is 14.1 Å². The second-order valence-electron chi connectivity index (χ2n) is 6.49. The number of aromatic nitrogens is 2. The summed E-state index contributed by atoms with van der Waals surface area (Å²) in [5, 5.41) is 1.11. The minimum absolute atomic E-state index is 0.00693. The molecule has 4 nitrogen and oxygen atoms in total. The zero-order valence-electron chi connectivity index (χ0n) is 17.4. The van der Waals surface area contributed by atoms with Gasteiger partial charge in [0.05, 0.1) is 18.9 Å². The minimum Gasteiger partial charge on any atom is -0.459 e. The van der Waals surface area contributed by atoms with Crippen molar-refractivity contribution in [1.82, 2.24) is 0 Å². The van der Waals surface area contributed by atoms with Gasteiger partial charge in [0.1, 0.15) is 12.7 Å². The van der Waals surface area contributed by atoms with Crippen molar-refractivity contribution < 1.29 is 17.7 Å². The molecule has 0 spiro atoms. The summed E-state index contributed by atoms with van der Waals surface area (Å²) in [6.07, 6.45) is 7.82. The number of allylic oxidation sites excluding steroid dienone is 1. The average molecular weight is 322 g/mol. The molecule has 3 aromatic heterocycles. The van der Waals surface area contributed by atoms with Crippen LogP contribution in [0, 0.1) is 6.85 Å². The van der Waals surface area contributed by atoms with Crippen LogP contribution in [0.4, 0.5) is 5.82 Å². The van der Waals surface area contributed by atoms with Crippen LogP contribution in [-0.4, -0.2) is 6.85 Å². The largest absolute Gasteiger partial charge is 0.459 e. The third-order valence-corrected chi connectivity index (χ3v) is 4.69. The molecule has 0 bridgehead atoms. The molecule has 0 unspecified atom stereocenters. The van der Waals surface area contributed by atoms with Crippen molar-refractivity contribution in [2.75, 3.05) is 4.81 Å². The molecule has 0 saturated heterocycles. The number of nitrogens with zero attached hydrogens (tertiary/aromatic N) is 3. The summed E-state index contributed by atoms with van der Waals surface area (Å²) in [5.41, 5.74) is 4.32. The summed E-state index contributed by atoms with van der Waals surface area (Å²) in [6.45, 7) is 2.05. The molecule has 0 aliphatic carbocycles. The fourth-order valence-electron chi connectivity index (χ4n) is 3.57. The Kier molecular flexibility index (Phi) is 2.59. The number of pyridine rings is 2. The quantitative estimate of drug-likeness (QED) is 0.506. The Bertz CT molecular complexity index is 1090. The SMILES string of the molecule is [2H]C([2H])([2H])c1ccc(N2B(C)c3oc4c[n+](C)ccc4c3C=C2C)[n+](C)c1. The predicted molar refractivity (Wildman–Crippen MR) is 97.1 cm³/mol. The second-order valence-corrected chi connectivity index (χ2v) is 6.49. The van der Waals surface area contributed by atoms with Crippen LogP contribution < -0.4 is 19.6 Å². The second kappa shape index (κ2) is 5.23. The van der Waals surface area contributed by atoms with Crippen molar-refractivity contribution in [3.05, 3.63) is 53.6 Å². The molecule has 5 heteroatoms. The minimum atomic E-state index is -2.11. The molecule has 4 heterocycles. The molecule has 4 rings (SSSR count). The highest BCUT2D eigenvalue weighted by Gasteiger charge is 2.40. The molecule has 3 aromatic rings. The summed E-state index contributed by atoms with van der Waals surface area (Å²) in [7, 11) is 3.85. The molecule has 1 aliphatic heterocycles. The third-order valence-electron chi connectivity index (χ3n) is 4.69. The van der Waals surface area contributed by atoms with Gasteiger partial charge in [-0.2, -0.15) is 0 Å². The lowest BCUT2D eigenvalue weighted by Gasteiger charge is -2.26. The van der Waals surface area contributed by atoms with E-state index in [4.69, 9.17) is 8.53 Å². The van der Waals surface area contributed by atoms with Gasteiger partial charge < -0.3 is 4.42 Å². The van der Waals surface area contributed by atoms with Crippen LogP contribution in [0.15, 0.2) is 46.9 Å². The Labute approximate surface area is 147 Å². The van der Waals surface area contributed by atoms with Crippen LogP contribution in [-0.2, 0) is 14.1 Å². The first kappa shape index (κ1) is 11.9. The molecule has 120 valence electrons. The summed E-state index contributed by atoms with van der Waals surface area (Å²) in [5.74, 6) is 0.918. The highest BCUT2D eigenvalue weighted by Crippen LogP contribution is 2.29. The summed E-state index contributed by atoms with van der Waals surface area (Å²) < 4.78 is 32.9. The molecule has 0 atom stereocenters. The standard InChI is InChI=1S/C19H22BN3O/c1-13-6-7-18(22(5)11-13)23-14(2)10-16-15-8-9-21(4)12-17(15)24-19(16)20(23)3/h6-12H,1-5H3/q+2/i1D3. The van der Waals surface area contributed by atoms with E-state index in [1.54, 1.807) is 12.3 Å². The van der Waals surface area contributed by atoms with E-state index in [1.165, 1.54) is 0 Å². The Morgan fingerprint density at radius 1 is 1.21 bits per heavy atom. The van der Waals surface area contributed by atoms with Gasteiger partial charge >= 0.3 is 6.85 Å². The molecule has 0 N–H and O–H groups in total. The van der Waals surface area contributed by atoms with Crippen LogP contribution in [0.2, 0.25) is 6.82 Å². The average Bonchev–Trinajstić information content (AvgIpc) is 2.93. The number of fused-ring (bicyclic) bond motifs is 3. The first-order valence-corrected chi connectivity index (χ1v) is 8.06. The Hall–Kier alpha value is -2.56. The maximum Gasteiger partial charge on any atom is 0.447 e. The van der Waals surface area contributed by atoms with Gasteiger partial charge in [0, 0.05) is 27.2 Å². The number of hydrogen-bond acceptors (Lipinski definition) is 2. The van der Waals surface area contributed by atoms with Gasteiger partial charge in [-0.3, -0.25) is 4.81 Å². The van der Waals surface area contributed by atoms with Crippen LogP contribution >= 0.6 is 0 Å². The van der Waals surface area contributed by atoms with Crippen molar-refractivity contribution >= 4 is 35.4 Å². The van der Waals surface area contributed by atoms with Crippen LogP contribution in [0.25, 0.3) is 17.0 Å². The van der Waals surface area contributed by atoms with E-state index in [-0.39, 0.29) is 6.85 Å². The fourth-order valence-corrected chi connectivity index (χ4v) is 3.57. The zero-order chi connectivity index (χ0) is 19.5. The van der Waals surface area contributed by atoms with E-state index in [0.29, 0.717) is 5.56 Å². The van der Waals surface area contributed by atoms with Gasteiger partial charge in [-0.05, 0) is 38.3 Å². The highest BCUT2D eigenvalue weighted by molar-refractivity contribution is 6.76. The number of anilines is 1. The van der Waals surface area contributed by atoms with Crippen molar-refractivity contribution in [3.63, 3.8) is 0 Å². The zero-order valence-corrected chi connectivity index (χ0v) is 14.4. The predicted octanol–water partition coefficient (Wildman–Crippen LogP) is 2.10. The maximum atomic E-state index is 7.62. The number of rotatable bonds is 1. The van der Waals surface area contributed by atoms with E-state index in [0.717, 1.165) is 33.7 Å². The van der Waals surface area contributed by atoms with Gasteiger partial charge in [0.25, 0.3) is 5.82 Å². The lowest BCUT2D eigenvalue weighted by molar-refractivity contribution is -0.670. The first-order valence-electron chi connectivity index (χ1n) is 9.56. The molecular weight excluding hydrogens is 297 g/mol. The molecule has 0 saturated carbocycles. The molecule has 0 fully saturated rings. The van der Waals surface area contributed by atoms with Crippen LogP contribution in [0.3, 0.4) is 0 Å². The smallest absolute Gasteiger partial charge is 0.447 e. The Balaban J connectivity index is 1.82. The van der Waals surface area contributed by atoms with Crippen molar-refractivity contribution in [1.29, 1.82) is 0 Å². The molecular formula is C19H22BN3O+2. The van der Waals surface area contributed by atoms with E-state index in [9.17, 15) is 0 Å². The maximum absolute atomic E-state index is 7.62. The van der Waals surface area contributed by atoms with E-state index >= 15 is 0 Å². The van der Waals surface area contributed by atoms with Gasteiger partial charge in [0.2, 0.25) is 6.20 Å². The van der Waals surface area contributed by atoms with Crippen LogP contribution in [0.1, 0.15) is 22.2 Å². The molecule has 24 heavy (non-hydrogen) atoms. The molecule has 0 radical (unpaired) electrons. The third kappa shape index (κ3) is 2.15. The number of hydrogen-bond donors (Lipinski definition) is 0. The summed E-state index contributed by atoms with van der Waals surface area (Å²) >= 11 is 0. The molecule has 0 aromatic carbocycles. The van der Waals surface area contributed by atoms with Gasteiger partial charge in [-0.1, -0.05) is 0 Å². The highest BCUT2D eigenvalue weighted by atomic mass is 16.3. The molecule has 0 amide bonds. The fraction of sp³-hybridized carbons (Fsp3) is 0.263. The number of aryl methyl sites for hydroxylation is 3. The van der Waals surface area contributed by atoms with E-state index in [1.807, 2.05) is 41.7 Å². The first-order chi connectivity index (χ1) is 12.7. The Morgan fingerprint density at radius 3 is 2.79 bits per heavy atom. The van der Waals surface area contributed by atoms with Gasteiger partial charge in [-0.15, -0.1) is 0 Å². The molecule has 1 aliphatic rings. The van der Waals surface area contributed by atoms with Crippen LogP contribution in [0.5, 0.6) is 0 Å². The van der Waals surface area contributed by atoms with Crippen molar-refractivity contribution in [3.8, 4) is 0 Å². The lowest BCUT2D eigenvalue weighted by atomic mass is 9.57. The summed E-state index contributed by atoms with van der Waals surface area (Å²) in [6, 6.07) is 5.62. The van der Waals surface area contributed by atoms with Crippen molar-refractivity contribution in [2.45, 2.75) is 20.6 Å². The summed E-state index contributed by atoms with van der Waals surface area (Å²) in [4.78, 5) is 2.17.